The summed E-state index contributed by atoms with van der Waals surface area (Å²) in [4.78, 5) is 15.3. The first-order chi connectivity index (χ1) is 18.7. The van der Waals surface area contributed by atoms with Crippen molar-refractivity contribution in [2.45, 2.75) is 25.8 Å². The van der Waals surface area contributed by atoms with Crippen molar-refractivity contribution < 1.29 is 4.39 Å². The third kappa shape index (κ3) is 4.15. The molecule has 2 N–H and O–H groups in total. The van der Waals surface area contributed by atoms with Crippen LogP contribution in [0, 0.1) is 5.82 Å². The van der Waals surface area contributed by atoms with Crippen LogP contribution in [0.3, 0.4) is 0 Å². The number of benzene rings is 3. The van der Waals surface area contributed by atoms with Gasteiger partial charge < -0.3 is 4.98 Å². The molecule has 0 saturated carbocycles. The van der Waals surface area contributed by atoms with Crippen LogP contribution in [0.1, 0.15) is 24.8 Å². The summed E-state index contributed by atoms with van der Waals surface area (Å²) in [5.41, 5.74) is 7.89. The summed E-state index contributed by atoms with van der Waals surface area (Å²) >= 11 is 0. The maximum absolute atomic E-state index is 14.6. The predicted molar refractivity (Wildman–Crippen MR) is 149 cm³/mol. The van der Waals surface area contributed by atoms with Crippen molar-refractivity contribution in [3.05, 3.63) is 90.5 Å². The van der Waals surface area contributed by atoms with Gasteiger partial charge in [-0.1, -0.05) is 42.8 Å². The van der Waals surface area contributed by atoms with Crippen LogP contribution < -0.4 is 0 Å². The third-order valence-corrected chi connectivity index (χ3v) is 7.45. The molecule has 0 spiro atoms. The van der Waals surface area contributed by atoms with E-state index in [1.165, 1.54) is 30.9 Å². The second kappa shape index (κ2) is 9.50. The van der Waals surface area contributed by atoms with Gasteiger partial charge in [0.15, 0.2) is 5.82 Å². The minimum absolute atomic E-state index is 0.268. The molecule has 1 aliphatic rings. The van der Waals surface area contributed by atoms with Gasteiger partial charge in [0.2, 0.25) is 0 Å². The van der Waals surface area contributed by atoms with Gasteiger partial charge in [0.25, 0.3) is 0 Å². The topological polar surface area (TPSA) is 73.5 Å². The van der Waals surface area contributed by atoms with Gasteiger partial charge in [-0.25, -0.2) is 9.37 Å². The Morgan fingerprint density at radius 2 is 1.68 bits per heavy atom. The Morgan fingerprint density at radius 3 is 2.58 bits per heavy atom. The predicted octanol–water partition coefficient (Wildman–Crippen LogP) is 6.96. The lowest BCUT2D eigenvalue weighted by Gasteiger charge is -2.26. The molecule has 6 aromatic rings. The van der Waals surface area contributed by atoms with Crippen molar-refractivity contribution >= 4 is 21.9 Å². The zero-order valence-corrected chi connectivity index (χ0v) is 20.9. The molecule has 1 aliphatic heterocycles. The maximum Gasteiger partial charge on any atom is 0.159 e. The molecule has 1 fully saturated rings. The molecule has 38 heavy (non-hydrogen) atoms. The van der Waals surface area contributed by atoms with Crippen LogP contribution in [0.2, 0.25) is 0 Å². The number of nitrogens with one attached hydrogen (secondary N) is 2. The molecule has 4 heterocycles. The zero-order valence-electron chi connectivity index (χ0n) is 20.9. The van der Waals surface area contributed by atoms with E-state index in [-0.39, 0.29) is 5.82 Å². The molecule has 3 aromatic carbocycles. The van der Waals surface area contributed by atoms with E-state index in [0.717, 1.165) is 64.0 Å². The van der Waals surface area contributed by atoms with Crippen LogP contribution in [-0.2, 0) is 6.54 Å². The molecule has 188 valence electrons. The first-order valence-electron chi connectivity index (χ1n) is 13.1. The molecular formula is C31H27FN6. The molecule has 0 amide bonds. The largest absolute Gasteiger partial charge is 0.337 e. The number of aromatic amines is 2. The molecule has 7 heteroatoms. The molecule has 0 radical (unpaired) electrons. The SMILES string of the molecule is Fc1ccccc1-c1cccc2[nH]c(-c3n[nH]c4ccc(-c5cncc(CN6CCCCC6)c5)cc34)nc12. The molecule has 1 saturated heterocycles. The van der Waals surface area contributed by atoms with Crippen LogP contribution in [0.25, 0.3) is 55.7 Å². The number of imidazole rings is 1. The Bertz CT molecular complexity index is 1760. The smallest absolute Gasteiger partial charge is 0.159 e. The summed E-state index contributed by atoms with van der Waals surface area (Å²) in [5.74, 6) is 0.375. The normalized spacial score (nSPS) is 14.4. The van der Waals surface area contributed by atoms with E-state index in [1.54, 1.807) is 12.1 Å². The van der Waals surface area contributed by atoms with E-state index in [9.17, 15) is 4.39 Å². The van der Waals surface area contributed by atoms with E-state index in [1.807, 2.05) is 42.7 Å². The van der Waals surface area contributed by atoms with Crippen LogP contribution in [0.15, 0.2) is 79.1 Å². The van der Waals surface area contributed by atoms with Gasteiger partial charge in [-0.3, -0.25) is 15.0 Å². The highest BCUT2D eigenvalue weighted by Gasteiger charge is 2.17. The second-order valence-electron chi connectivity index (χ2n) is 10.0. The highest BCUT2D eigenvalue weighted by atomic mass is 19.1. The van der Waals surface area contributed by atoms with Gasteiger partial charge in [-0.15, -0.1) is 0 Å². The standard InChI is InChI=1S/C31H27FN6/c32-26-9-3-2-7-23(26)24-8-6-10-28-29(24)35-31(34-28)30-25-16-21(11-12-27(25)36-37-30)22-15-20(17-33-18-22)19-38-13-4-1-5-14-38/h2-3,6-12,15-18H,1,4-5,13-14,19H2,(H,34,35)(H,36,37). The average Bonchev–Trinajstić information content (AvgIpc) is 3.58. The Balaban J connectivity index is 1.26. The monoisotopic (exact) mass is 502 g/mol. The Labute approximate surface area is 219 Å². The summed E-state index contributed by atoms with van der Waals surface area (Å²) in [6, 6.07) is 21.1. The number of fused-ring (bicyclic) bond motifs is 2. The number of likely N-dealkylation sites (tertiary alicyclic amines) is 1. The van der Waals surface area contributed by atoms with Crippen LogP contribution in [0.4, 0.5) is 4.39 Å². The molecule has 3 aromatic heterocycles. The number of hydrogen-bond acceptors (Lipinski definition) is 4. The molecule has 0 bridgehead atoms. The summed E-state index contributed by atoms with van der Waals surface area (Å²) in [6.45, 7) is 3.25. The maximum atomic E-state index is 14.6. The second-order valence-corrected chi connectivity index (χ2v) is 10.0. The Kier molecular flexibility index (Phi) is 5.70. The minimum Gasteiger partial charge on any atom is -0.337 e. The fraction of sp³-hybridized carbons (Fsp3) is 0.194. The third-order valence-electron chi connectivity index (χ3n) is 7.45. The van der Waals surface area contributed by atoms with Gasteiger partial charge in [-0.2, -0.15) is 5.10 Å². The van der Waals surface area contributed by atoms with Gasteiger partial charge in [0, 0.05) is 41.0 Å². The lowest BCUT2D eigenvalue weighted by Crippen LogP contribution is -2.29. The molecule has 0 unspecified atom stereocenters. The fourth-order valence-electron chi connectivity index (χ4n) is 5.52. The molecular weight excluding hydrogens is 475 g/mol. The van der Waals surface area contributed by atoms with E-state index in [2.05, 4.69) is 43.3 Å². The van der Waals surface area contributed by atoms with Gasteiger partial charge in [0.1, 0.15) is 11.5 Å². The number of aromatic nitrogens is 5. The Morgan fingerprint density at radius 1 is 0.816 bits per heavy atom. The Hall–Kier alpha value is -4.36. The number of hydrogen-bond donors (Lipinski definition) is 2. The molecule has 0 aliphatic carbocycles. The summed E-state index contributed by atoms with van der Waals surface area (Å²) < 4.78 is 14.6. The van der Waals surface area contributed by atoms with E-state index >= 15 is 0 Å². The zero-order chi connectivity index (χ0) is 25.5. The van der Waals surface area contributed by atoms with E-state index in [4.69, 9.17) is 4.98 Å². The fourth-order valence-corrected chi connectivity index (χ4v) is 5.52. The summed E-state index contributed by atoms with van der Waals surface area (Å²) in [6.07, 6.45) is 7.77. The van der Waals surface area contributed by atoms with Crippen molar-refractivity contribution in [3.8, 4) is 33.8 Å². The summed E-state index contributed by atoms with van der Waals surface area (Å²) in [7, 11) is 0. The quantitative estimate of drug-likeness (QED) is 0.267. The highest BCUT2D eigenvalue weighted by molar-refractivity contribution is 5.98. The van der Waals surface area contributed by atoms with Crippen molar-refractivity contribution in [1.29, 1.82) is 0 Å². The van der Waals surface area contributed by atoms with Crippen LogP contribution in [0.5, 0.6) is 0 Å². The van der Waals surface area contributed by atoms with Crippen LogP contribution >= 0.6 is 0 Å². The number of halogens is 1. The molecule has 7 rings (SSSR count). The van der Waals surface area contributed by atoms with Gasteiger partial charge in [-0.05, 0) is 67.4 Å². The molecule has 6 nitrogen and oxygen atoms in total. The number of nitrogens with zero attached hydrogens (tertiary/aromatic N) is 4. The van der Waals surface area contributed by atoms with Crippen molar-refractivity contribution in [3.63, 3.8) is 0 Å². The van der Waals surface area contributed by atoms with Gasteiger partial charge in [0.05, 0.1) is 16.6 Å². The first-order valence-corrected chi connectivity index (χ1v) is 13.1. The molecule has 0 atom stereocenters. The highest BCUT2D eigenvalue weighted by Crippen LogP contribution is 2.34. The number of rotatable bonds is 5. The number of para-hydroxylation sites is 1. The number of piperidine rings is 1. The average molecular weight is 503 g/mol. The van der Waals surface area contributed by atoms with E-state index < -0.39 is 0 Å². The van der Waals surface area contributed by atoms with Crippen molar-refractivity contribution in [2.24, 2.45) is 0 Å². The van der Waals surface area contributed by atoms with E-state index in [0.29, 0.717) is 11.4 Å². The lowest BCUT2D eigenvalue weighted by molar-refractivity contribution is 0.220. The van der Waals surface area contributed by atoms with Crippen molar-refractivity contribution in [2.75, 3.05) is 13.1 Å². The first kappa shape index (κ1) is 22.8. The van der Waals surface area contributed by atoms with Crippen LogP contribution in [-0.4, -0.2) is 43.1 Å². The minimum atomic E-state index is -0.268. The lowest BCUT2D eigenvalue weighted by atomic mass is 10.0. The number of H-pyrrole nitrogens is 2. The van der Waals surface area contributed by atoms with Gasteiger partial charge >= 0.3 is 0 Å². The summed E-state index contributed by atoms with van der Waals surface area (Å²) in [5, 5.41) is 8.70. The number of pyridine rings is 1. The van der Waals surface area contributed by atoms with Crippen molar-refractivity contribution in [1.82, 2.24) is 30.0 Å².